The van der Waals surface area contributed by atoms with Gasteiger partial charge in [-0.2, -0.15) is 0 Å². The number of hydrogen-bond donors (Lipinski definition) is 1. The summed E-state index contributed by atoms with van der Waals surface area (Å²) in [5.74, 6) is 1.95. The molecule has 1 aliphatic heterocycles. The van der Waals surface area contributed by atoms with Gasteiger partial charge in [0.15, 0.2) is 0 Å². The summed E-state index contributed by atoms with van der Waals surface area (Å²) in [5, 5.41) is 9.15. The molecule has 0 radical (unpaired) electrons. The lowest BCUT2D eigenvalue weighted by Gasteiger charge is -2.23. The molecular formula is C45H35N3S. The summed E-state index contributed by atoms with van der Waals surface area (Å²) in [6.45, 7) is 4.72. The van der Waals surface area contributed by atoms with Crippen LogP contribution in [0.4, 0.5) is 0 Å². The van der Waals surface area contributed by atoms with Crippen molar-refractivity contribution in [2.45, 2.75) is 38.1 Å². The SMILES string of the molecule is CC1(C)c2ccccc2-c2c1ccc1c2c2ccccc2n1C1=CCCC(c2ccc3c(c2)sc2ccccc23)N=C(c2ccccc2)N1. The standard InChI is InChI=1S/C45H35N3S/c1-45(2)34-18-9-6-16-32(34)42-35(45)25-26-38-43(42)33-17-7-10-20-37(33)48(38)41-22-12-19-36(46-44(47-41)28-13-4-3-5-14-28)29-23-24-31-30-15-8-11-21-39(30)49-40(31)27-29/h3-11,13-18,20-27,36H,12,19H2,1-2H3,(H,46,47). The minimum absolute atomic E-state index is 0.0373. The maximum Gasteiger partial charge on any atom is 0.134 e. The highest BCUT2D eigenvalue weighted by Gasteiger charge is 2.37. The van der Waals surface area contributed by atoms with E-state index in [4.69, 9.17) is 4.99 Å². The van der Waals surface area contributed by atoms with Crippen molar-refractivity contribution >= 4 is 65.0 Å². The van der Waals surface area contributed by atoms with Crippen molar-refractivity contribution < 1.29 is 0 Å². The van der Waals surface area contributed by atoms with Crippen LogP contribution in [0.3, 0.4) is 0 Å². The Balaban J connectivity index is 1.13. The summed E-state index contributed by atoms with van der Waals surface area (Å²) in [7, 11) is 0. The minimum atomic E-state index is -0.0535. The first-order valence-corrected chi connectivity index (χ1v) is 18.1. The number of nitrogens with zero attached hydrogens (tertiary/aromatic N) is 2. The molecule has 0 bridgehead atoms. The molecule has 3 nitrogen and oxygen atoms in total. The van der Waals surface area contributed by atoms with Gasteiger partial charge in [-0.15, -0.1) is 11.3 Å². The molecule has 236 valence electrons. The second-order valence-corrected chi connectivity index (χ2v) is 15.0. The second-order valence-electron chi connectivity index (χ2n) is 13.9. The first-order valence-electron chi connectivity index (χ1n) is 17.2. The van der Waals surface area contributed by atoms with E-state index in [2.05, 4.69) is 163 Å². The fourth-order valence-electron chi connectivity index (χ4n) is 8.40. The van der Waals surface area contributed by atoms with Crippen molar-refractivity contribution in [3.63, 3.8) is 0 Å². The van der Waals surface area contributed by atoms with E-state index in [1.54, 1.807) is 0 Å². The normalized spacial score (nSPS) is 17.0. The highest BCUT2D eigenvalue weighted by atomic mass is 32.1. The molecule has 1 unspecified atom stereocenters. The Kier molecular flexibility index (Phi) is 6.28. The number of aliphatic imine (C=N–C) groups is 1. The van der Waals surface area contributed by atoms with Gasteiger partial charge in [0.25, 0.3) is 0 Å². The van der Waals surface area contributed by atoms with Gasteiger partial charge < -0.3 is 5.32 Å². The van der Waals surface area contributed by atoms with E-state index < -0.39 is 0 Å². The highest BCUT2D eigenvalue weighted by Crippen LogP contribution is 2.53. The number of hydrogen-bond acceptors (Lipinski definition) is 3. The summed E-state index contributed by atoms with van der Waals surface area (Å²) < 4.78 is 5.09. The summed E-state index contributed by atoms with van der Waals surface area (Å²) in [4.78, 5) is 5.52. The van der Waals surface area contributed by atoms with E-state index >= 15 is 0 Å². The van der Waals surface area contributed by atoms with Crippen LogP contribution in [-0.2, 0) is 5.41 Å². The predicted octanol–water partition coefficient (Wildman–Crippen LogP) is 11.8. The van der Waals surface area contributed by atoms with E-state index in [0.29, 0.717) is 0 Å². The van der Waals surface area contributed by atoms with Crippen molar-refractivity contribution in [3.05, 3.63) is 162 Å². The molecule has 1 N–H and O–H groups in total. The van der Waals surface area contributed by atoms with Gasteiger partial charge in [0.2, 0.25) is 0 Å². The fourth-order valence-corrected chi connectivity index (χ4v) is 9.55. The largest absolute Gasteiger partial charge is 0.326 e. The number of allylic oxidation sites excluding steroid dienone is 1. The summed E-state index contributed by atoms with van der Waals surface area (Å²) in [5.41, 5.74) is 10.2. The summed E-state index contributed by atoms with van der Waals surface area (Å²) >= 11 is 1.87. The molecule has 0 saturated heterocycles. The Morgan fingerprint density at radius 3 is 2.35 bits per heavy atom. The Morgan fingerprint density at radius 1 is 0.694 bits per heavy atom. The molecule has 8 aromatic rings. The molecule has 10 rings (SSSR count). The van der Waals surface area contributed by atoms with Gasteiger partial charge in [-0.3, -0.25) is 9.56 Å². The molecule has 0 fully saturated rings. The fraction of sp³-hybridized carbons (Fsp3) is 0.133. The van der Waals surface area contributed by atoms with Gasteiger partial charge in [-0.25, -0.2) is 0 Å². The van der Waals surface area contributed by atoms with Crippen molar-refractivity contribution in [2.75, 3.05) is 0 Å². The third-order valence-corrected chi connectivity index (χ3v) is 11.9. The quantitative estimate of drug-likeness (QED) is 0.203. The lowest BCUT2D eigenvalue weighted by Crippen LogP contribution is -2.28. The number of thiophene rings is 1. The topological polar surface area (TPSA) is 29.3 Å². The van der Waals surface area contributed by atoms with Gasteiger partial charge in [0.05, 0.1) is 17.1 Å². The summed E-state index contributed by atoms with van der Waals surface area (Å²) in [6, 6.07) is 48.8. The van der Waals surface area contributed by atoms with Crippen LogP contribution in [0.5, 0.6) is 0 Å². The Labute approximate surface area is 289 Å². The smallest absolute Gasteiger partial charge is 0.134 e. The van der Waals surface area contributed by atoms with Gasteiger partial charge in [-0.1, -0.05) is 123 Å². The van der Waals surface area contributed by atoms with E-state index in [1.165, 1.54) is 69.8 Å². The summed E-state index contributed by atoms with van der Waals surface area (Å²) in [6.07, 6.45) is 4.21. The first kappa shape index (κ1) is 28.6. The lowest BCUT2D eigenvalue weighted by atomic mass is 9.82. The number of rotatable bonds is 3. The van der Waals surface area contributed by atoms with Crippen LogP contribution in [0.15, 0.2) is 145 Å². The van der Waals surface area contributed by atoms with E-state index in [0.717, 1.165) is 30.1 Å². The Bertz CT molecular complexity index is 2670. The van der Waals surface area contributed by atoms with Crippen LogP contribution >= 0.6 is 11.3 Å². The van der Waals surface area contributed by atoms with Crippen LogP contribution in [-0.4, -0.2) is 10.4 Å². The van der Waals surface area contributed by atoms with Crippen LogP contribution in [0.25, 0.3) is 58.9 Å². The number of para-hydroxylation sites is 1. The zero-order valence-electron chi connectivity index (χ0n) is 27.6. The third kappa shape index (κ3) is 4.30. The van der Waals surface area contributed by atoms with E-state index in [-0.39, 0.29) is 11.5 Å². The van der Waals surface area contributed by atoms with Crippen LogP contribution in [0.2, 0.25) is 0 Å². The number of benzene rings is 6. The Hall–Kier alpha value is -5.45. The zero-order chi connectivity index (χ0) is 32.7. The number of nitrogens with one attached hydrogen (secondary N) is 1. The molecule has 2 aliphatic rings. The average Bonchev–Trinajstić information content (AvgIpc) is 3.74. The molecule has 0 saturated carbocycles. The molecule has 49 heavy (non-hydrogen) atoms. The molecule has 4 heteroatoms. The lowest BCUT2D eigenvalue weighted by molar-refractivity contribution is 0.656. The molecule has 3 heterocycles. The molecule has 1 aliphatic carbocycles. The predicted molar refractivity (Wildman–Crippen MR) is 209 cm³/mol. The average molecular weight is 650 g/mol. The minimum Gasteiger partial charge on any atom is -0.326 e. The maximum atomic E-state index is 5.52. The third-order valence-electron chi connectivity index (χ3n) is 10.8. The zero-order valence-corrected chi connectivity index (χ0v) is 28.4. The molecule has 2 aromatic heterocycles. The molecule has 0 spiro atoms. The second kappa shape index (κ2) is 10.8. The number of aromatic nitrogens is 1. The monoisotopic (exact) mass is 649 g/mol. The molecule has 0 amide bonds. The van der Waals surface area contributed by atoms with Crippen molar-refractivity contribution in [1.82, 2.24) is 9.88 Å². The maximum absolute atomic E-state index is 5.52. The molecule has 6 aromatic carbocycles. The van der Waals surface area contributed by atoms with E-state index in [1.807, 2.05) is 11.3 Å². The van der Waals surface area contributed by atoms with E-state index in [9.17, 15) is 0 Å². The highest BCUT2D eigenvalue weighted by molar-refractivity contribution is 7.25. The van der Waals surface area contributed by atoms with Gasteiger partial charge >= 0.3 is 0 Å². The number of fused-ring (bicyclic) bond motifs is 10. The first-order chi connectivity index (χ1) is 24.1. The van der Waals surface area contributed by atoms with Crippen molar-refractivity contribution in [3.8, 4) is 11.1 Å². The Morgan fingerprint density at radius 2 is 1.45 bits per heavy atom. The van der Waals surface area contributed by atoms with Gasteiger partial charge in [0, 0.05) is 41.9 Å². The molecular weight excluding hydrogens is 615 g/mol. The molecule has 1 atom stereocenters. The van der Waals surface area contributed by atoms with Crippen molar-refractivity contribution in [1.29, 1.82) is 0 Å². The van der Waals surface area contributed by atoms with Gasteiger partial charge in [0.1, 0.15) is 11.7 Å². The van der Waals surface area contributed by atoms with Gasteiger partial charge in [-0.05, 0) is 71.0 Å². The van der Waals surface area contributed by atoms with Crippen LogP contribution in [0, 0.1) is 0 Å². The van der Waals surface area contributed by atoms with Crippen LogP contribution < -0.4 is 5.32 Å². The number of amidine groups is 1. The van der Waals surface area contributed by atoms with Crippen LogP contribution in [0.1, 0.15) is 55.0 Å². The van der Waals surface area contributed by atoms with Crippen molar-refractivity contribution in [2.24, 2.45) is 4.99 Å².